The Hall–Kier alpha value is -1.33. The summed E-state index contributed by atoms with van der Waals surface area (Å²) in [6.45, 7) is 2.13. The summed E-state index contributed by atoms with van der Waals surface area (Å²) < 4.78 is 2.03. The van der Waals surface area contributed by atoms with Crippen molar-refractivity contribution >= 4 is 28.7 Å². The zero-order valence-electron chi connectivity index (χ0n) is 9.33. The van der Waals surface area contributed by atoms with Gasteiger partial charge in [0.2, 0.25) is 0 Å². The Bertz CT molecular complexity index is 628. The lowest BCUT2D eigenvalue weighted by molar-refractivity contribution is 0.909. The normalized spacial score (nSPS) is 11.1. The maximum absolute atomic E-state index is 4.70. The van der Waals surface area contributed by atoms with E-state index in [0.717, 1.165) is 22.3 Å². The van der Waals surface area contributed by atoms with Gasteiger partial charge in [0.1, 0.15) is 5.65 Å². The van der Waals surface area contributed by atoms with Crippen LogP contribution >= 0.6 is 23.1 Å². The van der Waals surface area contributed by atoms with E-state index in [1.807, 2.05) is 28.9 Å². The largest absolute Gasteiger partial charge is 0.279 e. The van der Waals surface area contributed by atoms with Gasteiger partial charge in [-0.2, -0.15) is 0 Å². The van der Waals surface area contributed by atoms with Crippen LogP contribution in [0, 0.1) is 0 Å². The first-order valence-corrected chi connectivity index (χ1v) is 7.26. The van der Waals surface area contributed by atoms with Gasteiger partial charge in [-0.25, -0.2) is 9.97 Å². The van der Waals surface area contributed by atoms with Crippen molar-refractivity contribution in [2.75, 3.05) is 5.75 Å². The Balaban J connectivity index is 2.20. The topological polar surface area (TPSA) is 30.2 Å². The van der Waals surface area contributed by atoms with E-state index in [4.69, 9.17) is 4.98 Å². The lowest BCUT2D eigenvalue weighted by Gasteiger charge is -2.05. The molecule has 5 heteroatoms. The fourth-order valence-electron chi connectivity index (χ4n) is 1.68. The molecule has 0 amide bonds. The third-order valence-electron chi connectivity index (χ3n) is 2.40. The second kappa shape index (κ2) is 4.50. The second-order valence-electron chi connectivity index (χ2n) is 3.49. The molecule has 3 heterocycles. The average molecular weight is 261 g/mol. The van der Waals surface area contributed by atoms with Crippen molar-refractivity contribution < 1.29 is 0 Å². The maximum Gasteiger partial charge on any atom is 0.174 e. The van der Waals surface area contributed by atoms with Gasteiger partial charge in [-0.05, 0) is 17.2 Å². The van der Waals surface area contributed by atoms with Crippen molar-refractivity contribution in [3.05, 3.63) is 36.0 Å². The summed E-state index contributed by atoms with van der Waals surface area (Å²) >= 11 is 3.44. The Morgan fingerprint density at radius 1 is 1.47 bits per heavy atom. The first-order chi connectivity index (χ1) is 8.38. The molecule has 3 nitrogen and oxygen atoms in total. The molecular formula is C12H11N3S2. The highest BCUT2D eigenvalue weighted by atomic mass is 32.2. The van der Waals surface area contributed by atoms with Crippen LogP contribution in [0.15, 0.2) is 41.1 Å². The van der Waals surface area contributed by atoms with Gasteiger partial charge in [-0.1, -0.05) is 24.8 Å². The molecule has 0 N–H and O–H groups in total. The van der Waals surface area contributed by atoms with Crippen molar-refractivity contribution in [2.45, 2.75) is 12.1 Å². The van der Waals surface area contributed by atoms with Gasteiger partial charge in [-0.15, -0.1) is 11.3 Å². The molecule has 0 saturated carbocycles. The predicted molar refractivity (Wildman–Crippen MR) is 72.7 cm³/mol. The first kappa shape index (κ1) is 10.8. The standard InChI is InChI=1S/C12H11N3S2/c1-2-16-12-14-9(10-4-3-7-17-10)8-11-13-5-6-15(11)12/h3-8H,2H2,1H3. The number of hydrogen-bond acceptors (Lipinski definition) is 4. The number of thiophene rings is 1. The molecular weight excluding hydrogens is 250 g/mol. The van der Waals surface area contributed by atoms with Gasteiger partial charge >= 0.3 is 0 Å². The Morgan fingerprint density at radius 2 is 2.41 bits per heavy atom. The van der Waals surface area contributed by atoms with Crippen LogP contribution in [0.4, 0.5) is 0 Å². The molecule has 3 aromatic rings. The summed E-state index contributed by atoms with van der Waals surface area (Å²) in [6.07, 6.45) is 3.77. The van der Waals surface area contributed by atoms with E-state index in [1.165, 1.54) is 4.88 Å². The van der Waals surface area contributed by atoms with Crippen LogP contribution in [0.5, 0.6) is 0 Å². The Kier molecular flexibility index (Phi) is 2.86. The van der Waals surface area contributed by atoms with Gasteiger partial charge in [0.25, 0.3) is 0 Å². The van der Waals surface area contributed by atoms with Crippen LogP contribution in [-0.4, -0.2) is 20.1 Å². The summed E-state index contributed by atoms with van der Waals surface area (Å²) in [6, 6.07) is 6.17. The van der Waals surface area contributed by atoms with Gasteiger partial charge in [0.05, 0.1) is 10.6 Å². The molecule has 0 aromatic carbocycles. The van der Waals surface area contributed by atoms with Crippen LogP contribution in [0.1, 0.15) is 6.92 Å². The van der Waals surface area contributed by atoms with Crippen LogP contribution < -0.4 is 0 Å². The zero-order chi connectivity index (χ0) is 11.7. The number of rotatable bonds is 3. The Morgan fingerprint density at radius 3 is 3.18 bits per heavy atom. The van der Waals surface area contributed by atoms with Crippen molar-refractivity contribution in [1.82, 2.24) is 14.4 Å². The van der Waals surface area contributed by atoms with Crippen LogP contribution in [0.25, 0.3) is 16.2 Å². The highest BCUT2D eigenvalue weighted by molar-refractivity contribution is 7.99. The molecule has 0 spiro atoms. The molecule has 0 radical (unpaired) electrons. The van der Waals surface area contributed by atoms with E-state index in [2.05, 4.69) is 23.4 Å². The van der Waals surface area contributed by atoms with Crippen molar-refractivity contribution in [3.63, 3.8) is 0 Å². The van der Waals surface area contributed by atoms with Gasteiger partial charge in [0, 0.05) is 18.5 Å². The number of nitrogens with zero attached hydrogens (tertiary/aromatic N) is 3. The van der Waals surface area contributed by atoms with E-state index in [0.29, 0.717) is 0 Å². The smallest absolute Gasteiger partial charge is 0.174 e. The van der Waals surface area contributed by atoms with Crippen LogP contribution in [0.3, 0.4) is 0 Å². The molecule has 17 heavy (non-hydrogen) atoms. The monoisotopic (exact) mass is 261 g/mol. The lowest BCUT2D eigenvalue weighted by atomic mass is 10.3. The molecule has 0 atom stereocenters. The van der Waals surface area contributed by atoms with Gasteiger partial charge in [0.15, 0.2) is 5.16 Å². The molecule has 0 aliphatic rings. The number of imidazole rings is 1. The highest BCUT2D eigenvalue weighted by Gasteiger charge is 2.08. The molecule has 3 aromatic heterocycles. The molecule has 0 aliphatic heterocycles. The minimum Gasteiger partial charge on any atom is -0.279 e. The molecule has 3 rings (SSSR count). The van der Waals surface area contributed by atoms with Crippen molar-refractivity contribution in [3.8, 4) is 10.6 Å². The molecule has 0 fully saturated rings. The summed E-state index contributed by atoms with van der Waals surface area (Å²) in [4.78, 5) is 10.2. The summed E-state index contributed by atoms with van der Waals surface area (Å²) in [5.41, 5.74) is 1.97. The molecule has 0 aliphatic carbocycles. The third-order valence-corrected chi connectivity index (χ3v) is 4.13. The van der Waals surface area contributed by atoms with Gasteiger partial charge in [-0.3, -0.25) is 4.40 Å². The zero-order valence-corrected chi connectivity index (χ0v) is 11.0. The molecule has 0 unspecified atom stereocenters. The van der Waals surface area contributed by atoms with E-state index in [-0.39, 0.29) is 0 Å². The molecule has 0 saturated heterocycles. The summed E-state index contributed by atoms with van der Waals surface area (Å²) in [7, 11) is 0. The lowest BCUT2D eigenvalue weighted by Crippen LogP contribution is -1.95. The minimum absolute atomic E-state index is 0.958. The van der Waals surface area contributed by atoms with E-state index in [9.17, 15) is 0 Å². The van der Waals surface area contributed by atoms with E-state index < -0.39 is 0 Å². The summed E-state index contributed by atoms with van der Waals surface area (Å²) in [5, 5.41) is 3.07. The fourth-order valence-corrected chi connectivity index (χ4v) is 3.08. The third kappa shape index (κ3) is 1.96. The average Bonchev–Trinajstić information content (AvgIpc) is 3.00. The number of aromatic nitrogens is 3. The fraction of sp³-hybridized carbons (Fsp3) is 0.167. The number of fused-ring (bicyclic) bond motifs is 1. The van der Waals surface area contributed by atoms with E-state index in [1.54, 1.807) is 23.1 Å². The number of hydrogen-bond donors (Lipinski definition) is 0. The quantitative estimate of drug-likeness (QED) is 0.533. The van der Waals surface area contributed by atoms with Crippen molar-refractivity contribution in [1.29, 1.82) is 0 Å². The number of thioether (sulfide) groups is 1. The van der Waals surface area contributed by atoms with E-state index >= 15 is 0 Å². The van der Waals surface area contributed by atoms with Crippen molar-refractivity contribution in [2.24, 2.45) is 0 Å². The SMILES string of the molecule is CCSc1nc(-c2cccs2)cc2nccn12. The highest BCUT2D eigenvalue weighted by Crippen LogP contribution is 2.27. The maximum atomic E-state index is 4.70. The predicted octanol–water partition coefficient (Wildman–Crippen LogP) is 3.57. The van der Waals surface area contributed by atoms with Crippen LogP contribution in [0.2, 0.25) is 0 Å². The van der Waals surface area contributed by atoms with Gasteiger partial charge < -0.3 is 0 Å². The summed E-state index contributed by atoms with van der Waals surface area (Å²) in [5.74, 6) is 1.01. The molecule has 86 valence electrons. The first-order valence-electron chi connectivity index (χ1n) is 5.39. The van der Waals surface area contributed by atoms with Crippen LogP contribution in [-0.2, 0) is 0 Å². The minimum atomic E-state index is 0.958. The second-order valence-corrected chi connectivity index (χ2v) is 5.67. The Labute approximate surface area is 108 Å². The molecule has 0 bridgehead atoms.